The summed E-state index contributed by atoms with van der Waals surface area (Å²) < 4.78 is 0. The Bertz CT molecular complexity index is 391. The highest BCUT2D eigenvalue weighted by Crippen LogP contribution is 2.12. The Morgan fingerprint density at radius 3 is 2.87 bits per heavy atom. The van der Waals surface area contributed by atoms with Crippen LogP contribution in [0.25, 0.3) is 5.57 Å². The third kappa shape index (κ3) is 3.05. The number of aromatic nitrogens is 2. The van der Waals surface area contributed by atoms with E-state index in [1.807, 2.05) is 6.92 Å². The van der Waals surface area contributed by atoms with Crippen LogP contribution in [-0.2, 0) is 0 Å². The molecular formula is C10H15N5. The van der Waals surface area contributed by atoms with Crippen molar-refractivity contribution in [3.8, 4) is 0 Å². The van der Waals surface area contributed by atoms with Crippen molar-refractivity contribution in [2.24, 2.45) is 10.7 Å². The zero-order valence-electron chi connectivity index (χ0n) is 8.94. The Morgan fingerprint density at radius 2 is 2.33 bits per heavy atom. The van der Waals surface area contributed by atoms with Crippen molar-refractivity contribution in [1.29, 1.82) is 0 Å². The second-order valence-electron chi connectivity index (χ2n) is 3.02. The minimum absolute atomic E-state index is 0.233. The predicted molar refractivity (Wildman–Crippen MR) is 62.3 cm³/mol. The van der Waals surface area contributed by atoms with Gasteiger partial charge in [0.15, 0.2) is 0 Å². The first kappa shape index (κ1) is 11.2. The number of nitrogens with two attached hydrogens (primary N) is 2. The number of hydrogen-bond acceptors (Lipinski definition) is 5. The fraction of sp³-hybridized carbons (Fsp3) is 0.300. The highest BCUT2D eigenvalue weighted by atomic mass is 15.0. The lowest BCUT2D eigenvalue weighted by Gasteiger charge is -2.03. The highest BCUT2D eigenvalue weighted by molar-refractivity contribution is 6.09. The van der Waals surface area contributed by atoms with Crippen molar-refractivity contribution >= 4 is 17.7 Å². The molecule has 0 saturated heterocycles. The van der Waals surface area contributed by atoms with E-state index < -0.39 is 0 Å². The molecule has 15 heavy (non-hydrogen) atoms. The van der Waals surface area contributed by atoms with E-state index in [2.05, 4.69) is 15.0 Å². The van der Waals surface area contributed by atoms with E-state index in [1.165, 1.54) is 0 Å². The number of nitrogens with zero attached hydrogens (tertiary/aromatic N) is 3. The number of hydrogen-bond donors (Lipinski definition) is 2. The molecule has 0 saturated carbocycles. The van der Waals surface area contributed by atoms with Gasteiger partial charge in [-0.1, -0.05) is 0 Å². The fourth-order valence-corrected chi connectivity index (χ4v) is 1.08. The normalized spacial score (nSPS) is 12.9. The molecule has 0 spiro atoms. The lowest BCUT2D eigenvalue weighted by molar-refractivity contribution is 1.13. The van der Waals surface area contributed by atoms with Gasteiger partial charge in [0.25, 0.3) is 0 Å². The fourth-order valence-electron chi connectivity index (χ4n) is 1.08. The summed E-state index contributed by atoms with van der Waals surface area (Å²) in [6.45, 7) is 4.46. The minimum atomic E-state index is 0.233. The highest BCUT2D eigenvalue weighted by Gasteiger charge is 2.03. The molecule has 0 bridgehead atoms. The first-order valence-corrected chi connectivity index (χ1v) is 4.70. The van der Waals surface area contributed by atoms with E-state index in [9.17, 15) is 0 Å². The average molecular weight is 205 g/mol. The molecule has 0 amide bonds. The lowest BCUT2D eigenvalue weighted by atomic mass is 10.1. The molecule has 0 radical (unpaired) electrons. The van der Waals surface area contributed by atoms with Crippen LogP contribution >= 0.6 is 0 Å². The van der Waals surface area contributed by atoms with Crippen LogP contribution in [0.4, 0.5) is 5.95 Å². The van der Waals surface area contributed by atoms with Gasteiger partial charge in [-0.25, -0.2) is 9.97 Å². The van der Waals surface area contributed by atoms with Gasteiger partial charge in [-0.05, 0) is 19.9 Å². The summed E-state index contributed by atoms with van der Waals surface area (Å²) in [5.41, 5.74) is 13.4. The summed E-state index contributed by atoms with van der Waals surface area (Å²) in [5.74, 6) is 0.233. The molecule has 0 aliphatic rings. The van der Waals surface area contributed by atoms with Gasteiger partial charge in [0.1, 0.15) is 0 Å². The van der Waals surface area contributed by atoms with Gasteiger partial charge < -0.3 is 11.5 Å². The monoisotopic (exact) mass is 205 g/mol. The van der Waals surface area contributed by atoms with Crippen LogP contribution in [0.5, 0.6) is 0 Å². The molecule has 0 aromatic carbocycles. The Kier molecular flexibility index (Phi) is 3.79. The molecule has 5 heteroatoms. The van der Waals surface area contributed by atoms with E-state index in [4.69, 9.17) is 11.5 Å². The summed E-state index contributed by atoms with van der Waals surface area (Å²) in [6, 6.07) is 1.75. The lowest BCUT2D eigenvalue weighted by Crippen LogP contribution is -2.04. The van der Waals surface area contributed by atoms with Gasteiger partial charge in [0, 0.05) is 30.2 Å². The molecule has 0 aliphatic carbocycles. The molecule has 0 fully saturated rings. The Morgan fingerprint density at radius 1 is 1.60 bits per heavy atom. The van der Waals surface area contributed by atoms with E-state index in [0.29, 0.717) is 17.9 Å². The van der Waals surface area contributed by atoms with Crippen LogP contribution in [-0.4, -0.2) is 22.7 Å². The molecule has 0 atom stereocenters. The molecule has 1 heterocycles. The van der Waals surface area contributed by atoms with Crippen molar-refractivity contribution in [3.63, 3.8) is 0 Å². The maximum Gasteiger partial charge on any atom is 0.220 e. The van der Waals surface area contributed by atoms with Crippen molar-refractivity contribution in [2.45, 2.75) is 13.8 Å². The molecule has 4 N–H and O–H groups in total. The van der Waals surface area contributed by atoms with E-state index in [0.717, 1.165) is 5.57 Å². The zero-order chi connectivity index (χ0) is 11.3. The van der Waals surface area contributed by atoms with Crippen LogP contribution in [0, 0.1) is 0 Å². The Balaban J connectivity index is 3.12. The van der Waals surface area contributed by atoms with Gasteiger partial charge in [-0.3, -0.25) is 4.99 Å². The quantitative estimate of drug-likeness (QED) is 0.715. The van der Waals surface area contributed by atoms with Crippen molar-refractivity contribution in [2.75, 3.05) is 12.3 Å². The summed E-state index contributed by atoms with van der Waals surface area (Å²) in [5, 5.41) is 0. The van der Waals surface area contributed by atoms with E-state index in [1.54, 1.807) is 25.4 Å². The molecule has 1 rings (SSSR count). The maximum atomic E-state index is 5.75. The summed E-state index contributed by atoms with van der Waals surface area (Å²) in [6.07, 6.45) is 3.30. The first-order chi connectivity index (χ1) is 7.15. The van der Waals surface area contributed by atoms with Crippen molar-refractivity contribution in [3.05, 3.63) is 23.7 Å². The van der Waals surface area contributed by atoms with Crippen LogP contribution in [0.15, 0.2) is 23.0 Å². The van der Waals surface area contributed by atoms with Crippen LogP contribution < -0.4 is 11.5 Å². The Hall–Kier alpha value is -1.91. The second-order valence-corrected chi connectivity index (χ2v) is 3.02. The molecule has 0 aliphatic heterocycles. The topological polar surface area (TPSA) is 90.2 Å². The smallest absolute Gasteiger partial charge is 0.220 e. The van der Waals surface area contributed by atoms with E-state index >= 15 is 0 Å². The maximum absolute atomic E-state index is 5.75. The standard InChI is InChI=1S/C10H15N5/c1-3-13-6-8(7(2)11)9-4-5-14-10(12)15-9/h4-6H,3,11H2,1-2H3,(H2,12,14,15)/b8-7-,13-6?. The zero-order valence-corrected chi connectivity index (χ0v) is 8.94. The number of allylic oxidation sites excluding steroid dienone is 2. The molecular weight excluding hydrogens is 190 g/mol. The molecule has 80 valence electrons. The molecule has 0 unspecified atom stereocenters. The number of nitrogen functional groups attached to an aromatic ring is 1. The van der Waals surface area contributed by atoms with Gasteiger partial charge in [0.05, 0.1) is 5.69 Å². The van der Waals surface area contributed by atoms with Crippen molar-refractivity contribution < 1.29 is 0 Å². The largest absolute Gasteiger partial charge is 0.402 e. The predicted octanol–water partition coefficient (Wildman–Crippen LogP) is 0.839. The van der Waals surface area contributed by atoms with Gasteiger partial charge in [0.2, 0.25) is 5.95 Å². The third-order valence-corrected chi connectivity index (χ3v) is 1.78. The first-order valence-electron chi connectivity index (χ1n) is 4.70. The number of anilines is 1. The summed E-state index contributed by atoms with van der Waals surface area (Å²) in [7, 11) is 0. The van der Waals surface area contributed by atoms with E-state index in [-0.39, 0.29) is 5.95 Å². The van der Waals surface area contributed by atoms with Gasteiger partial charge in [-0.15, -0.1) is 0 Å². The minimum Gasteiger partial charge on any atom is -0.402 e. The van der Waals surface area contributed by atoms with Crippen molar-refractivity contribution in [1.82, 2.24) is 9.97 Å². The SMILES string of the molecule is CCN=C/C(=C(\C)N)c1ccnc(N)n1. The number of rotatable bonds is 3. The summed E-state index contributed by atoms with van der Waals surface area (Å²) >= 11 is 0. The molecule has 1 aromatic heterocycles. The summed E-state index contributed by atoms with van der Waals surface area (Å²) in [4.78, 5) is 12.0. The third-order valence-electron chi connectivity index (χ3n) is 1.78. The van der Waals surface area contributed by atoms with Gasteiger partial charge >= 0.3 is 0 Å². The van der Waals surface area contributed by atoms with Crippen LogP contribution in [0.3, 0.4) is 0 Å². The second kappa shape index (κ2) is 5.09. The Labute approximate surface area is 88.9 Å². The van der Waals surface area contributed by atoms with Crippen LogP contribution in [0.2, 0.25) is 0 Å². The molecule has 5 nitrogen and oxygen atoms in total. The van der Waals surface area contributed by atoms with Gasteiger partial charge in [-0.2, -0.15) is 0 Å². The average Bonchev–Trinajstić information content (AvgIpc) is 2.18. The number of aliphatic imine (C=N–C) groups is 1. The van der Waals surface area contributed by atoms with Crippen LogP contribution in [0.1, 0.15) is 19.5 Å². The molecule has 1 aromatic rings.